The highest BCUT2D eigenvalue weighted by Crippen LogP contribution is 2.33. The number of ether oxygens (including phenoxy) is 1. The predicted molar refractivity (Wildman–Crippen MR) is 82.6 cm³/mol. The van der Waals surface area contributed by atoms with E-state index in [1.807, 2.05) is 38.1 Å². The summed E-state index contributed by atoms with van der Waals surface area (Å²) in [5, 5.41) is 9.09. The second-order valence-electron chi connectivity index (χ2n) is 6.18. The van der Waals surface area contributed by atoms with Gasteiger partial charge in [-0.3, -0.25) is 9.69 Å². The third-order valence-electron chi connectivity index (χ3n) is 3.81. The van der Waals surface area contributed by atoms with Gasteiger partial charge in [-0.1, -0.05) is 12.1 Å². The quantitative estimate of drug-likeness (QED) is 0.798. The standard InChI is InChI=1S/C17H25NO3/c1-12(2)21-16-8-6-15(7-9-16)13(3)18(11-17(19)20)10-14-4-5-14/h6-9,12-14H,4-5,10-11H2,1-3H3,(H,19,20). The molecule has 0 amide bonds. The molecule has 1 aliphatic carbocycles. The maximum Gasteiger partial charge on any atom is 0.317 e. The summed E-state index contributed by atoms with van der Waals surface area (Å²) >= 11 is 0. The number of benzene rings is 1. The second-order valence-corrected chi connectivity index (χ2v) is 6.18. The molecule has 1 aromatic carbocycles. The van der Waals surface area contributed by atoms with E-state index in [9.17, 15) is 4.79 Å². The Balaban J connectivity index is 2.03. The minimum atomic E-state index is -0.762. The number of hydrogen-bond donors (Lipinski definition) is 1. The molecular formula is C17H25NO3. The summed E-state index contributed by atoms with van der Waals surface area (Å²) in [4.78, 5) is 13.1. The third kappa shape index (κ3) is 5.05. The van der Waals surface area contributed by atoms with Gasteiger partial charge in [-0.25, -0.2) is 0 Å². The van der Waals surface area contributed by atoms with Gasteiger partial charge in [-0.15, -0.1) is 0 Å². The van der Waals surface area contributed by atoms with Crippen molar-refractivity contribution in [2.45, 2.75) is 45.8 Å². The molecule has 1 atom stereocenters. The smallest absolute Gasteiger partial charge is 0.317 e. The maximum atomic E-state index is 11.1. The number of aliphatic carboxylic acids is 1. The third-order valence-corrected chi connectivity index (χ3v) is 3.81. The average Bonchev–Trinajstić information content (AvgIpc) is 3.21. The van der Waals surface area contributed by atoms with Crippen molar-refractivity contribution in [1.29, 1.82) is 0 Å². The zero-order valence-electron chi connectivity index (χ0n) is 13.1. The van der Waals surface area contributed by atoms with Crippen molar-refractivity contribution in [2.75, 3.05) is 13.1 Å². The molecule has 0 aromatic heterocycles. The molecule has 2 rings (SSSR count). The van der Waals surface area contributed by atoms with Gasteiger partial charge in [0.2, 0.25) is 0 Å². The van der Waals surface area contributed by atoms with Crippen LogP contribution in [-0.4, -0.2) is 35.2 Å². The van der Waals surface area contributed by atoms with Gasteiger partial charge < -0.3 is 9.84 Å². The minimum absolute atomic E-state index is 0.0991. The van der Waals surface area contributed by atoms with Crippen LogP contribution in [0.1, 0.15) is 45.2 Å². The normalized spacial score (nSPS) is 16.2. The monoisotopic (exact) mass is 291 g/mol. The summed E-state index contributed by atoms with van der Waals surface area (Å²) in [6, 6.07) is 8.09. The Hall–Kier alpha value is -1.55. The van der Waals surface area contributed by atoms with Crippen LogP contribution < -0.4 is 4.74 Å². The van der Waals surface area contributed by atoms with Gasteiger partial charge >= 0.3 is 5.97 Å². The van der Waals surface area contributed by atoms with E-state index in [0.717, 1.165) is 17.9 Å². The van der Waals surface area contributed by atoms with Crippen molar-refractivity contribution in [1.82, 2.24) is 4.90 Å². The lowest BCUT2D eigenvalue weighted by atomic mass is 10.1. The van der Waals surface area contributed by atoms with Crippen LogP contribution in [0, 0.1) is 5.92 Å². The molecule has 0 radical (unpaired) electrons. The molecule has 0 spiro atoms. The number of carboxylic acid groups (broad SMARTS) is 1. The predicted octanol–water partition coefficient (Wildman–Crippen LogP) is 3.33. The lowest BCUT2D eigenvalue weighted by Crippen LogP contribution is -2.34. The van der Waals surface area contributed by atoms with Crippen molar-refractivity contribution in [2.24, 2.45) is 5.92 Å². The van der Waals surface area contributed by atoms with Crippen LogP contribution in [0.2, 0.25) is 0 Å². The van der Waals surface area contributed by atoms with Crippen molar-refractivity contribution >= 4 is 5.97 Å². The highest BCUT2D eigenvalue weighted by Gasteiger charge is 2.28. The van der Waals surface area contributed by atoms with E-state index in [2.05, 4.69) is 11.8 Å². The van der Waals surface area contributed by atoms with Crippen LogP contribution in [0.3, 0.4) is 0 Å². The number of nitrogens with zero attached hydrogens (tertiary/aromatic N) is 1. The van der Waals surface area contributed by atoms with E-state index < -0.39 is 5.97 Å². The average molecular weight is 291 g/mol. The van der Waals surface area contributed by atoms with Gasteiger partial charge in [0.15, 0.2) is 0 Å². The summed E-state index contributed by atoms with van der Waals surface area (Å²) in [5.74, 6) is 0.769. The van der Waals surface area contributed by atoms with E-state index in [0.29, 0.717) is 5.92 Å². The van der Waals surface area contributed by atoms with Gasteiger partial charge in [-0.2, -0.15) is 0 Å². The largest absolute Gasteiger partial charge is 0.491 e. The number of carbonyl (C=O) groups is 1. The molecule has 0 saturated heterocycles. The molecule has 0 heterocycles. The Morgan fingerprint density at radius 1 is 1.29 bits per heavy atom. The molecule has 1 aromatic rings. The maximum absolute atomic E-state index is 11.1. The Bertz CT molecular complexity index is 465. The summed E-state index contributed by atoms with van der Waals surface area (Å²) in [6.07, 6.45) is 2.61. The summed E-state index contributed by atoms with van der Waals surface area (Å²) in [7, 11) is 0. The van der Waals surface area contributed by atoms with E-state index in [4.69, 9.17) is 9.84 Å². The van der Waals surface area contributed by atoms with Gasteiger partial charge in [0.25, 0.3) is 0 Å². The van der Waals surface area contributed by atoms with Crippen LogP contribution >= 0.6 is 0 Å². The molecule has 21 heavy (non-hydrogen) atoms. The number of hydrogen-bond acceptors (Lipinski definition) is 3. The number of rotatable bonds is 8. The first-order valence-electron chi connectivity index (χ1n) is 7.68. The van der Waals surface area contributed by atoms with Crippen LogP contribution in [-0.2, 0) is 4.79 Å². The van der Waals surface area contributed by atoms with Gasteiger partial charge in [0.1, 0.15) is 5.75 Å². The number of carboxylic acids is 1. The van der Waals surface area contributed by atoms with Gasteiger partial charge in [-0.05, 0) is 57.2 Å². The Labute approximate surface area is 126 Å². The highest BCUT2D eigenvalue weighted by molar-refractivity contribution is 5.69. The fourth-order valence-electron chi connectivity index (χ4n) is 2.47. The van der Waals surface area contributed by atoms with Crippen LogP contribution in [0.5, 0.6) is 5.75 Å². The highest BCUT2D eigenvalue weighted by atomic mass is 16.5. The van der Waals surface area contributed by atoms with Crippen molar-refractivity contribution in [3.63, 3.8) is 0 Å². The molecule has 116 valence electrons. The molecule has 4 nitrogen and oxygen atoms in total. The van der Waals surface area contributed by atoms with Crippen LogP contribution in [0.25, 0.3) is 0 Å². The lowest BCUT2D eigenvalue weighted by molar-refractivity contribution is -0.139. The van der Waals surface area contributed by atoms with E-state index in [1.54, 1.807) is 0 Å². The first-order chi connectivity index (χ1) is 9.95. The van der Waals surface area contributed by atoms with E-state index >= 15 is 0 Å². The van der Waals surface area contributed by atoms with Gasteiger partial charge in [0.05, 0.1) is 12.6 Å². The van der Waals surface area contributed by atoms with E-state index in [-0.39, 0.29) is 18.7 Å². The fraction of sp³-hybridized carbons (Fsp3) is 0.588. The van der Waals surface area contributed by atoms with E-state index in [1.165, 1.54) is 12.8 Å². The van der Waals surface area contributed by atoms with Crippen LogP contribution in [0.4, 0.5) is 0 Å². The zero-order valence-corrected chi connectivity index (χ0v) is 13.1. The molecule has 0 aliphatic heterocycles. The molecule has 4 heteroatoms. The van der Waals surface area contributed by atoms with Crippen molar-refractivity contribution < 1.29 is 14.6 Å². The van der Waals surface area contributed by atoms with Crippen LogP contribution in [0.15, 0.2) is 24.3 Å². The Kier molecular flexibility index (Phi) is 5.23. The SMILES string of the molecule is CC(C)Oc1ccc(C(C)N(CC(=O)O)CC2CC2)cc1. The Morgan fingerprint density at radius 2 is 1.90 bits per heavy atom. The minimum Gasteiger partial charge on any atom is -0.491 e. The van der Waals surface area contributed by atoms with Gasteiger partial charge in [0, 0.05) is 12.6 Å². The molecule has 1 saturated carbocycles. The molecule has 0 bridgehead atoms. The molecule has 1 fully saturated rings. The topological polar surface area (TPSA) is 49.8 Å². The summed E-state index contributed by atoms with van der Waals surface area (Å²) in [5.41, 5.74) is 1.13. The fourth-order valence-corrected chi connectivity index (χ4v) is 2.47. The molecule has 1 unspecified atom stereocenters. The summed E-state index contributed by atoms with van der Waals surface area (Å²) in [6.45, 7) is 7.05. The molecule has 1 N–H and O–H groups in total. The van der Waals surface area contributed by atoms with Crippen molar-refractivity contribution in [3.05, 3.63) is 29.8 Å². The summed E-state index contributed by atoms with van der Waals surface area (Å²) < 4.78 is 5.64. The molecular weight excluding hydrogens is 266 g/mol. The first-order valence-corrected chi connectivity index (χ1v) is 7.68. The molecule has 1 aliphatic rings. The first kappa shape index (κ1) is 15.8. The lowest BCUT2D eigenvalue weighted by Gasteiger charge is -2.28. The zero-order chi connectivity index (χ0) is 15.4. The van der Waals surface area contributed by atoms with Crippen molar-refractivity contribution in [3.8, 4) is 5.75 Å². The second kappa shape index (κ2) is 6.94. The Morgan fingerprint density at radius 3 is 2.38 bits per heavy atom.